The lowest BCUT2D eigenvalue weighted by Gasteiger charge is -2.10. The molecule has 2 N–H and O–H groups in total. The van der Waals surface area contributed by atoms with Gasteiger partial charge in [-0.05, 0) is 31.4 Å². The fourth-order valence-electron chi connectivity index (χ4n) is 2.79. The highest BCUT2D eigenvalue weighted by molar-refractivity contribution is 5.77. The van der Waals surface area contributed by atoms with Crippen LogP contribution < -0.4 is 10.9 Å². The van der Waals surface area contributed by atoms with Crippen molar-refractivity contribution in [3.05, 3.63) is 40.4 Å². The van der Waals surface area contributed by atoms with E-state index in [0.717, 1.165) is 19.4 Å². The summed E-state index contributed by atoms with van der Waals surface area (Å²) in [4.78, 5) is 31.0. The third-order valence-electron chi connectivity index (χ3n) is 4.03. The summed E-state index contributed by atoms with van der Waals surface area (Å²) in [5.74, 6) is 0.643. The molecule has 6 nitrogen and oxygen atoms in total. The largest absolute Gasteiger partial charge is 0.376 e. The molecule has 0 aliphatic carbocycles. The van der Waals surface area contributed by atoms with Crippen molar-refractivity contribution in [3.8, 4) is 0 Å². The van der Waals surface area contributed by atoms with Crippen LogP contribution in [0.1, 0.15) is 31.5 Å². The predicted octanol–water partition coefficient (Wildman–Crippen LogP) is 1.54. The lowest BCUT2D eigenvalue weighted by Crippen LogP contribution is -2.31. The summed E-state index contributed by atoms with van der Waals surface area (Å²) in [6, 6.07) is 7.25. The Labute approximate surface area is 134 Å². The first-order valence-corrected chi connectivity index (χ1v) is 8.08. The zero-order chi connectivity index (χ0) is 16.1. The lowest BCUT2D eigenvalue weighted by molar-refractivity contribution is -0.121. The Morgan fingerprint density at radius 2 is 2.26 bits per heavy atom. The summed E-state index contributed by atoms with van der Waals surface area (Å²) in [7, 11) is 0. The smallest absolute Gasteiger partial charge is 0.258 e. The number of hydrogen-bond donors (Lipinski definition) is 2. The van der Waals surface area contributed by atoms with Gasteiger partial charge in [0, 0.05) is 26.0 Å². The second-order valence-corrected chi connectivity index (χ2v) is 5.82. The van der Waals surface area contributed by atoms with Gasteiger partial charge in [0.05, 0.1) is 17.0 Å². The van der Waals surface area contributed by atoms with E-state index in [1.165, 1.54) is 0 Å². The van der Waals surface area contributed by atoms with E-state index in [1.54, 1.807) is 6.07 Å². The molecule has 23 heavy (non-hydrogen) atoms. The zero-order valence-electron chi connectivity index (χ0n) is 13.0. The number of aromatic nitrogens is 2. The second kappa shape index (κ2) is 7.37. The van der Waals surface area contributed by atoms with Gasteiger partial charge in [0.1, 0.15) is 5.82 Å². The van der Waals surface area contributed by atoms with E-state index >= 15 is 0 Å². The van der Waals surface area contributed by atoms with Gasteiger partial charge in [-0.1, -0.05) is 12.1 Å². The summed E-state index contributed by atoms with van der Waals surface area (Å²) in [5.41, 5.74) is 0.558. The molecular formula is C17H21N3O3. The summed E-state index contributed by atoms with van der Waals surface area (Å²) >= 11 is 0. The fourth-order valence-corrected chi connectivity index (χ4v) is 2.79. The van der Waals surface area contributed by atoms with E-state index < -0.39 is 0 Å². The highest BCUT2D eigenvalue weighted by atomic mass is 16.5. The van der Waals surface area contributed by atoms with Crippen molar-refractivity contribution in [2.45, 2.75) is 38.2 Å². The first kappa shape index (κ1) is 15.7. The number of nitrogens with zero attached hydrogens (tertiary/aromatic N) is 1. The first-order valence-electron chi connectivity index (χ1n) is 8.08. The van der Waals surface area contributed by atoms with Crippen molar-refractivity contribution in [2.75, 3.05) is 13.2 Å². The van der Waals surface area contributed by atoms with Crippen LogP contribution in [0.4, 0.5) is 0 Å². The van der Waals surface area contributed by atoms with Gasteiger partial charge in [0.25, 0.3) is 5.56 Å². The van der Waals surface area contributed by atoms with Crippen LogP contribution in [-0.4, -0.2) is 35.1 Å². The molecule has 1 saturated heterocycles. The van der Waals surface area contributed by atoms with Crippen LogP contribution in [0.15, 0.2) is 29.1 Å². The van der Waals surface area contributed by atoms with Crippen molar-refractivity contribution in [1.29, 1.82) is 0 Å². The molecule has 0 spiro atoms. The van der Waals surface area contributed by atoms with Gasteiger partial charge < -0.3 is 15.0 Å². The van der Waals surface area contributed by atoms with Crippen LogP contribution in [0.2, 0.25) is 0 Å². The Morgan fingerprint density at radius 1 is 1.39 bits per heavy atom. The number of fused-ring (bicyclic) bond motifs is 1. The molecule has 1 atom stereocenters. The van der Waals surface area contributed by atoms with Gasteiger partial charge in [-0.15, -0.1) is 0 Å². The maximum Gasteiger partial charge on any atom is 0.258 e. The van der Waals surface area contributed by atoms with Gasteiger partial charge in [-0.2, -0.15) is 0 Å². The van der Waals surface area contributed by atoms with Crippen molar-refractivity contribution >= 4 is 16.8 Å². The van der Waals surface area contributed by atoms with Crippen LogP contribution in [0, 0.1) is 0 Å². The number of carbonyl (C=O) groups is 1. The molecule has 1 aliphatic heterocycles. The van der Waals surface area contributed by atoms with Crippen molar-refractivity contribution in [2.24, 2.45) is 0 Å². The van der Waals surface area contributed by atoms with Crippen molar-refractivity contribution < 1.29 is 9.53 Å². The van der Waals surface area contributed by atoms with Gasteiger partial charge in [0.15, 0.2) is 0 Å². The minimum atomic E-state index is -0.131. The number of amides is 1. The number of para-hydroxylation sites is 1. The molecule has 1 aromatic heterocycles. The molecule has 0 radical (unpaired) electrons. The van der Waals surface area contributed by atoms with Crippen LogP contribution in [-0.2, 0) is 16.0 Å². The number of benzene rings is 1. The minimum Gasteiger partial charge on any atom is -0.376 e. The van der Waals surface area contributed by atoms with E-state index in [1.807, 2.05) is 18.2 Å². The molecule has 6 heteroatoms. The van der Waals surface area contributed by atoms with E-state index in [0.29, 0.717) is 42.5 Å². The van der Waals surface area contributed by atoms with E-state index in [4.69, 9.17) is 4.74 Å². The zero-order valence-corrected chi connectivity index (χ0v) is 13.0. The number of carbonyl (C=O) groups excluding carboxylic acids is 1. The molecule has 1 fully saturated rings. The molecule has 2 aromatic rings. The first-order chi connectivity index (χ1) is 11.2. The number of aromatic amines is 1. The van der Waals surface area contributed by atoms with Gasteiger partial charge >= 0.3 is 0 Å². The summed E-state index contributed by atoms with van der Waals surface area (Å²) in [5, 5.41) is 3.48. The SMILES string of the molecule is O=C(CCCc1nc2ccccc2c(=O)[nH]1)NC[C@@H]1CCCO1. The molecule has 122 valence electrons. The van der Waals surface area contributed by atoms with Crippen LogP contribution in [0.5, 0.6) is 0 Å². The average molecular weight is 315 g/mol. The third kappa shape index (κ3) is 4.16. The van der Waals surface area contributed by atoms with Gasteiger partial charge in [0.2, 0.25) is 5.91 Å². The Bertz CT molecular complexity index is 735. The number of aryl methyl sites for hydroxylation is 1. The molecule has 1 aliphatic rings. The third-order valence-corrected chi connectivity index (χ3v) is 4.03. The lowest BCUT2D eigenvalue weighted by atomic mass is 10.2. The monoisotopic (exact) mass is 315 g/mol. The standard InChI is InChI=1S/C17H21N3O3/c21-16(18-11-12-5-4-10-23-12)9-3-8-15-19-14-7-2-1-6-13(14)17(22)20-15/h1-2,6-7,12H,3-5,8-11H2,(H,18,21)(H,19,20,22)/t12-/m0/s1. The molecule has 1 amide bonds. The minimum absolute atomic E-state index is 0.0173. The Morgan fingerprint density at radius 3 is 3.09 bits per heavy atom. The molecule has 0 bridgehead atoms. The van der Waals surface area contributed by atoms with Crippen LogP contribution in [0.3, 0.4) is 0 Å². The topological polar surface area (TPSA) is 84.1 Å². The van der Waals surface area contributed by atoms with Crippen molar-refractivity contribution in [3.63, 3.8) is 0 Å². The van der Waals surface area contributed by atoms with E-state index in [9.17, 15) is 9.59 Å². The second-order valence-electron chi connectivity index (χ2n) is 5.82. The van der Waals surface area contributed by atoms with E-state index in [2.05, 4.69) is 15.3 Å². The molecule has 2 heterocycles. The maximum atomic E-state index is 12.0. The summed E-state index contributed by atoms with van der Waals surface area (Å²) in [6.07, 6.45) is 3.90. The Hall–Kier alpha value is -2.21. The highest BCUT2D eigenvalue weighted by Gasteiger charge is 2.16. The number of hydrogen-bond acceptors (Lipinski definition) is 4. The van der Waals surface area contributed by atoms with Crippen LogP contribution >= 0.6 is 0 Å². The highest BCUT2D eigenvalue weighted by Crippen LogP contribution is 2.11. The normalized spacial score (nSPS) is 17.5. The molecule has 1 aromatic carbocycles. The number of nitrogens with one attached hydrogen (secondary N) is 2. The van der Waals surface area contributed by atoms with Crippen LogP contribution in [0.25, 0.3) is 10.9 Å². The number of H-pyrrole nitrogens is 1. The maximum absolute atomic E-state index is 12.0. The average Bonchev–Trinajstić information content (AvgIpc) is 3.06. The van der Waals surface area contributed by atoms with E-state index in [-0.39, 0.29) is 17.6 Å². The summed E-state index contributed by atoms with van der Waals surface area (Å²) in [6.45, 7) is 1.38. The van der Waals surface area contributed by atoms with Gasteiger partial charge in [-0.25, -0.2) is 4.98 Å². The Balaban J connectivity index is 1.48. The quantitative estimate of drug-likeness (QED) is 0.847. The fraction of sp³-hybridized carbons (Fsp3) is 0.471. The number of ether oxygens (including phenoxy) is 1. The molecular weight excluding hydrogens is 294 g/mol. The number of rotatable bonds is 6. The summed E-state index contributed by atoms with van der Waals surface area (Å²) < 4.78 is 5.47. The van der Waals surface area contributed by atoms with Gasteiger partial charge in [-0.3, -0.25) is 9.59 Å². The molecule has 0 saturated carbocycles. The predicted molar refractivity (Wildman–Crippen MR) is 87.3 cm³/mol. The van der Waals surface area contributed by atoms with Crippen molar-refractivity contribution in [1.82, 2.24) is 15.3 Å². The molecule has 3 rings (SSSR count). The molecule has 0 unspecified atom stereocenters. The Kier molecular flexibility index (Phi) is 5.02.